The molecule has 2 aromatic carbocycles. The van der Waals surface area contributed by atoms with Crippen molar-refractivity contribution < 1.29 is 9.53 Å². The SMILES string of the molecule is Cc1cccc(OCCn2c(CCCCCNC(=O)C3CC3)nc3ccccc32)c1. The molecule has 1 aliphatic rings. The molecule has 0 unspecified atom stereocenters. The van der Waals surface area contributed by atoms with Gasteiger partial charge in [0.25, 0.3) is 0 Å². The van der Waals surface area contributed by atoms with Crippen LogP contribution in [-0.4, -0.2) is 28.6 Å². The molecule has 0 atom stereocenters. The summed E-state index contributed by atoms with van der Waals surface area (Å²) in [5, 5.41) is 3.05. The molecular weight excluding hydrogens is 374 g/mol. The van der Waals surface area contributed by atoms with Gasteiger partial charge in [-0.2, -0.15) is 0 Å². The molecule has 1 amide bonds. The van der Waals surface area contributed by atoms with Crippen LogP contribution < -0.4 is 10.1 Å². The molecule has 30 heavy (non-hydrogen) atoms. The monoisotopic (exact) mass is 405 g/mol. The van der Waals surface area contributed by atoms with E-state index in [-0.39, 0.29) is 5.91 Å². The Labute approximate surface area is 178 Å². The number of para-hydroxylation sites is 2. The fourth-order valence-electron chi connectivity index (χ4n) is 3.81. The highest BCUT2D eigenvalue weighted by molar-refractivity contribution is 5.80. The van der Waals surface area contributed by atoms with Crippen LogP contribution in [0.25, 0.3) is 11.0 Å². The van der Waals surface area contributed by atoms with Crippen LogP contribution in [0.1, 0.15) is 43.5 Å². The van der Waals surface area contributed by atoms with Crippen molar-refractivity contribution in [3.05, 3.63) is 59.9 Å². The summed E-state index contributed by atoms with van der Waals surface area (Å²) < 4.78 is 8.27. The Bertz CT molecular complexity index is 991. The van der Waals surface area contributed by atoms with Crippen LogP contribution >= 0.6 is 0 Å². The molecule has 0 aliphatic heterocycles. The van der Waals surface area contributed by atoms with Crippen LogP contribution in [0.5, 0.6) is 5.75 Å². The van der Waals surface area contributed by atoms with E-state index in [0.717, 1.165) is 74.2 Å². The minimum Gasteiger partial charge on any atom is -0.492 e. The van der Waals surface area contributed by atoms with E-state index in [9.17, 15) is 4.79 Å². The van der Waals surface area contributed by atoms with Gasteiger partial charge in [-0.1, -0.05) is 30.7 Å². The Morgan fingerprint density at radius 3 is 2.83 bits per heavy atom. The summed E-state index contributed by atoms with van der Waals surface area (Å²) in [7, 11) is 0. The van der Waals surface area contributed by atoms with Gasteiger partial charge in [0.1, 0.15) is 18.2 Å². The van der Waals surface area contributed by atoms with Crippen molar-refractivity contribution in [3.63, 3.8) is 0 Å². The van der Waals surface area contributed by atoms with Crippen molar-refractivity contribution in [1.82, 2.24) is 14.9 Å². The van der Waals surface area contributed by atoms with Gasteiger partial charge in [0, 0.05) is 18.9 Å². The van der Waals surface area contributed by atoms with Crippen LogP contribution in [0.4, 0.5) is 0 Å². The number of hydrogen-bond donors (Lipinski definition) is 1. The highest BCUT2D eigenvalue weighted by atomic mass is 16.5. The quantitative estimate of drug-likeness (QED) is 0.472. The molecule has 4 rings (SSSR count). The molecule has 3 aromatic rings. The van der Waals surface area contributed by atoms with E-state index in [4.69, 9.17) is 9.72 Å². The molecule has 5 heteroatoms. The second-order valence-electron chi connectivity index (χ2n) is 8.21. The molecule has 0 spiro atoms. The summed E-state index contributed by atoms with van der Waals surface area (Å²) >= 11 is 0. The molecule has 0 bridgehead atoms. The number of imidazole rings is 1. The summed E-state index contributed by atoms with van der Waals surface area (Å²) in [6, 6.07) is 16.5. The highest BCUT2D eigenvalue weighted by Crippen LogP contribution is 2.28. The van der Waals surface area contributed by atoms with Crippen LogP contribution in [0.15, 0.2) is 48.5 Å². The first-order valence-corrected chi connectivity index (χ1v) is 11.1. The molecule has 1 aromatic heterocycles. The number of benzene rings is 2. The third-order valence-electron chi connectivity index (χ3n) is 5.63. The molecule has 1 N–H and O–H groups in total. The molecule has 0 saturated heterocycles. The maximum atomic E-state index is 11.7. The maximum absolute atomic E-state index is 11.7. The normalized spacial score (nSPS) is 13.5. The lowest BCUT2D eigenvalue weighted by Gasteiger charge is -2.11. The molecule has 1 saturated carbocycles. The van der Waals surface area contributed by atoms with Crippen molar-refractivity contribution in [2.24, 2.45) is 5.92 Å². The van der Waals surface area contributed by atoms with Crippen LogP contribution in [0, 0.1) is 12.8 Å². The predicted octanol–water partition coefficient (Wildman–Crippen LogP) is 4.66. The number of nitrogens with one attached hydrogen (secondary N) is 1. The summed E-state index contributed by atoms with van der Waals surface area (Å²) in [4.78, 5) is 16.6. The minimum absolute atomic E-state index is 0.241. The van der Waals surface area contributed by atoms with Gasteiger partial charge in [-0.15, -0.1) is 0 Å². The smallest absolute Gasteiger partial charge is 0.223 e. The van der Waals surface area contributed by atoms with Crippen LogP contribution in [-0.2, 0) is 17.8 Å². The van der Waals surface area contributed by atoms with E-state index in [1.165, 1.54) is 5.56 Å². The van der Waals surface area contributed by atoms with Gasteiger partial charge in [0.05, 0.1) is 17.6 Å². The number of aromatic nitrogens is 2. The topological polar surface area (TPSA) is 56.1 Å². The first-order valence-electron chi connectivity index (χ1n) is 11.1. The Morgan fingerprint density at radius 2 is 2.00 bits per heavy atom. The van der Waals surface area contributed by atoms with Gasteiger partial charge >= 0.3 is 0 Å². The second-order valence-corrected chi connectivity index (χ2v) is 8.21. The van der Waals surface area contributed by atoms with Gasteiger partial charge in [-0.05, 0) is 62.4 Å². The number of hydrogen-bond acceptors (Lipinski definition) is 3. The Kier molecular flexibility index (Phi) is 6.67. The summed E-state index contributed by atoms with van der Waals surface area (Å²) in [6.45, 7) is 4.26. The lowest BCUT2D eigenvalue weighted by molar-refractivity contribution is -0.122. The molecule has 1 aliphatic carbocycles. The van der Waals surface area contributed by atoms with E-state index in [2.05, 4.69) is 47.1 Å². The zero-order chi connectivity index (χ0) is 20.8. The van der Waals surface area contributed by atoms with E-state index in [0.29, 0.717) is 12.5 Å². The number of amides is 1. The first-order chi connectivity index (χ1) is 14.7. The zero-order valence-electron chi connectivity index (χ0n) is 17.8. The van der Waals surface area contributed by atoms with Gasteiger partial charge < -0.3 is 14.6 Å². The molecular formula is C25H31N3O2. The fraction of sp³-hybridized carbons (Fsp3) is 0.440. The maximum Gasteiger partial charge on any atom is 0.223 e. The zero-order valence-corrected chi connectivity index (χ0v) is 17.8. The van der Waals surface area contributed by atoms with Gasteiger partial charge in [0.2, 0.25) is 5.91 Å². The molecule has 1 heterocycles. The number of nitrogens with zero attached hydrogens (tertiary/aromatic N) is 2. The fourth-order valence-corrected chi connectivity index (χ4v) is 3.81. The number of aryl methyl sites for hydroxylation is 2. The van der Waals surface area contributed by atoms with Crippen LogP contribution in [0.3, 0.4) is 0 Å². The molecule has 158 valence electrons. The van der Waals surface area contributed by atoms with E-state index < -0.39 is 0 Å². The van der Waals surface area contributed by atoms with Crippen molar-refractivity contribution in [2.75, 3.05) is 13.2 Å². The first kappa shape index (κ1) is 20.5. The summed E-state index contributed by atoms with van der Waals surface area (Å²) in [5.41, 5.74) is 3.41. The minimum atomic E-state index is 0.241. The molecule has 0 radical (unpaired) electrons. The number of rotatable bonds is 11. The number of fused-ring (bicyclic) bond motifs is 1. The number of ether oxygens (including phenoxy) is 1. The number of unbranched alkanes of at least 4 members (excludes halogenated alkanes) is 2. The van der Waals surface area contributed by atoms with Gasteiger partial charge in [-0.25, -0.2) is 4.98 Å². The van der Waals surface area contributed by atoms with Crippen molar-refractivity contribution >= 4 is 16.9 Å². The van der Waals surface area contributed by atoms with E-state index in [1.54, 1.807) is 0 Å². The largest absolute Gasteiger partial charge is 0.492 e. The van der Waals surface area contributed by atoms with Crippen molar-refractivity contribution in [3.8, 4) is 5.75 Å². The van der Waals surface area contributed by atoms with Gasteiger partial charge in [-0.3, -0.25) is 4.79 Å². The number of carbonyl (C=O) groups is 1. The second kappa shape index (κ2) is 9.79. The average Bonchev–Trinajstić information content (AvgIpc) is 3.54. The standard InChI is InChI=1S/C25H31N3O2/c1-19-8-7-9-21(18-19)30-17-16-28-23-11-5-4-10-22(23)27-24(28)12-3-2-6-15-26-25(29)20-13-14-20/h4-5,7-11,18,20H,2-3,6,12-17H2,1H3,(H,26,29). The van der Waals surface area contributed by atoms with Crippen LogP contribution in [0.2, 0.25) is 0 Å². The predicted molar refractivity (Wildman–Crippen MR) is 120 cm³/mol. The third-order valence-corrected chi connectivity index (χ3v) is 5.63. The van der Waals surface area contributed by atoms with Crippen molar-refractivity contribution in [2.45, 2.75) is 52.0 Å². The van der Waals surface area contributed by atoms with Crippen molar-refractivity contribution in [1.29, 1.82) is 0 Å². The Balaban J connectivity index is 1.30. The lowest BCUT2D eigenvalue weighted by atomic mass is 10.2. The summed E-state index contributed by atoms with van der Waals surface area (Å²) in [6.07, 6.45) is 6.26. The highest BCUT2D eigenvalue weighted by Gasteiger charge is 2.28. The van der Waals surface area contributed by atoms with E-state index in [1.807, 2.05) is 18.2 Å². The Morgan fingerprint density at radius 1 is 1.13 bits per heavy atom. The Hall–Kier alpha value is -2.82. The lowest BCUT2D eigenvalue weighted by Crippen LogP contribution is -2.25. The van der Waals surface area contributed by atoms with Gasteiger partial charge in [0.15, 0.2) is 0 Å². The number of carbonyl (C=O) groups excluding carboxylic acids is 1. The molecule has 5 nitrogen and oxygen atoms in total. The van der Waals surface area contributed by atoms with E-state index >= 15 is 0 Å². The molecule has 1 fully saturated rings. The summed E-state index contributed by atoms with van der Waals surface area (Å²) in [5.74, 6) is 2.57. The average molecular weight is 406 g/mol. The third kappa shape index (κ3) is 5.41.